The van der Waals surface area contributed by atoms with Crippen molar-refractivity contribution in [1.82, 2.24) is 9.91 Å². The zero-order valence-corrected chi connectivity index (χ0v) is 14.6. The van der Waals surface area contributed by atoms with Gasteiger partial charge in [0.1, 0.15) is 5.60 Å². The molecule has 1 rings (SSSR count). The maximum absolute atomic E-state index is 11.9. The molecule has 0 N–H and O–H groups in total. The number of rotatable bonds is 3. The van der Waals surface area contributed by atoms with E-state index in [1.54, 1.807) is 11.9 Å². The number of ether oxygens (including phenoxy) is 1. The lowest BCUT2D eigenvalue weighted by atomic mass is 10.1. The van der Waals surface area contributed by atoms with Crippen LogP contribution >= 0.6 is 0 Å². The highest BCUT2D eigenvalue weighted by Gasteiger charge is 2.32. The van der Waals surface area contributed by atoms with Crippen LogP contribution in [0.3, 0.4) is 0 Å². The summed E-state index contributed by atoms with van der Waals surface area (Å²) in [7, 11) is 1.64. The molecular formula is C14H28N4O4. The van der Waals surface area contributed by atoms with Gasteiger partial charge >= 0.3 is 6.09 Å². The second kappa shape index (κ2) is 6.58. The van der Waals surface area contributed by atoms with E-state index in [-0.39, 0.29) is 17.7 Å². The fourth-order valence-electron chi connectivity index (χ4n) is 1.72. The summed E-state index contributed by atoms with van der Waals surface area (Å²) in [6.07, 6.45) is -0.0442. The first kappa shape index (κ1) is 18.3. The van der Waals surface area contributed by atoms with Crippen molar-refractivity contribution < 1.29 is 19.3 Å². The number of amides is 1. The van der Waals surface area contributed by atoms with Crippen LogP contribution in [0, 0.1) is 5.21 Å². The van der Waals surface area contributed by atoms with Crippen molar-refractivity contribution in [2.45, 2.75) is 65.2 Å². The number of hydrogen-bond acceptors (Lipinski definition) is 5. The minimum Gasteiger partial charge on any atom is -0.569 e. The summed E-state index contributed by atoms with van der Waals surface area (Å²) in [5.74, 6) is 0. The Hall–Kier alpha value is -1.73. The number of carbonyl (C=O) groups is 1. The van der Waals surface area contributed by atoms with Crippen molar-refractivity contribution in [3.05, 3.63) is 5.21 Å². The van der Waals surface area contributed by atoms with Gasteiger partial charge in [-0.25, -0.2) is 4.79 Å². The summed E-state index contributed by atoms with van der Waals surface area (Å²) in [6, 6.07) is 0. The van der Waals surface area contributed by atoms with Crippen LogP contribution in [-0.4, -0.2) is 58.4 Å². The molecule has 1 fully saturated rings. The van der Waals surface area contributed by atoms with Gasteiger partial charge in [0, 0.05) is 13.0 Å². The Morgan fingerprint density at radius 3 is 2.41 bits per heavy atom. The van der Waals surface area contributed by atoms with Crippen LogP contribution in [0.1, 0.15) is 48.0 Å². The van der Waals surface area contributed by atoms with Gasteiger partial charge in [-0.2, -0.15) is 0 Å². The van der Waals surface area contributed by atoms with Gasteiger partial charge in [-0.15, -0.1) is 5.01 Å². The minimum atomic E-state index is -0.526. The van der Waals surface area contributed by atoms with Gasteiger partial charge in [0.2, 0.25) is 5.28 Å². The fourth-order valence-corrected chi connectivity index (χ4v) is 1.72. The van der Waals surface area contributed by atoms with E-state index in [0.29, 0.717) is 24.5 Å². The van der Waals surface area contributed by atoms with Crippen LogP contribution in [0.4, 0.5) is 4.79 Å². The van der Waals surface area contributed by atoms with Gasteiger partial charge in [0.15, 0.2) is 6.10 Å². The lowest BCUT2D eigenvalue weighted by molar-refractivity contribution is -0.720. The number of hydrogen-bond donors (Lipinski definition) is 0. The number of likely N-dealkylation sites (tertiary alicyclic amines) is 1. The van der Waals surface area contributed by atoms with E-state index in [9.17, 15) is 10.0 Å². The third-order valence-corrected chi connectivity index (χ3v) is 3.29. The van der Waals surface area contributed by atoms with E-state index >= 15 is 0 Å². The highest BCUT2D eigenvalue weighted by Crippen LogP contribution is 2.18. The SMILES string of the molecule is CN(/[N+]([O-])=N\O[C@H]1CCN(C(=O)OC(C)(C)C)C1)C(C)(C)C. The van der Waals surface area contributed by atoms with Gasteiger partial charge in [0.05, 0.1) is 24.1 Å². The van der Waals surface area contributed by atoms with Crippen LogP contribution < -0.4 is 0 Å². The molecule has 8 nitrogen and oxygen atoms in total. The molecule has 0 unspecified atom stereocenters. The highest BCUT2D eigenvalue weighted by atomic mass is 16.7. The normalized spacial score (nSPS) is 20.0. The summed E-state index contributed by atoms with van der Waals surface area (Å²) in [5.41, 5.74) is -0.880. The summed E-state index contributed by atoms with van der Waals surface area (Å²) < 4.78 is 5.30. The summed E-state index contributed by atoms with van der Waals surface area (Å²) >= 11 is 0. The zero-order chi connectivity index (χ0) is 17.1. The molecule has 0 aliphatic carbocycles. The molecule has 1 atom stereocenters. The second-order valence-electron chi connectivity index (χ2n) is 7.47. The fraction of sp³-hybridized carbons (Fsp3) is 0.929. The molecule has 0 radical (unpaired) electrons. The standard InChI is InChI=1S/C14H28N4O4/c1-13(2,3)16(7)18(20)15-22-11-8-9-17(10-11)12(19)21-14(4,5)6/h11H,8-10H2,1-7H3/b18-15+/t11-/m0/s1. The minimum absolute atomic E-state index is 0.294. The Labute approximate surface area is 132 Å². The van der Waals surface area contributed by atoms with E-state index in [1.807, 2.05) is 41.5 Å². The van der Waals surface area contributed by atoms with Crippen molar-refractivity contribution in [1.29, 1.82) is 0 Å². The Morgan fingerprint density at radius 1 is 1.32 bits per heavy atom. The first-order chi connectivity index (χ1) is 9.90. The number of hydrazine groups is 1. The number of nitrogens with zero attached hydrogens (tertiary/aromatic N) is 4. The molecular weight excluding hydrogens is 288 g/mol. The zero-order valence-electron chi connectivity index (χ0n) is 14.6. The molecule has 0 bridgehead atoms. The van der Waals surface area contributed by atoms with E-state index < -0.39 is 5.60 Å². The van der Waals surface area contributed by atoms with Crippen molar-refractivity contribution in [2.24, 2.45) is 5.28 Å². The maximum Gasteiger partial charge on any atom is 0.410 e. The van der Waals surface area contributed by atoms with Gasteiger partial charge in [0.25, 0.3) is 0 Å². The topological polar surface area (TPSA) is 80.4 Å². The van der Waals surface area contributed by atoms with Crippen molar-refractivity contribution in [3.8, 4) is 0 Å². The smallest absolute Gasteiger partial charge is 0.410 e. The summed E-state index contributed by atoms with van der Waals surface area (Å²) in [4.78, 5) is 19.2. The van der Waals surface area contributed by atoms with E-state index in [0.717, 1.165) is 0 Å². The van der Waals surface area contributed by atoms with Crippen LogP contribution in [0.15, 0.2) is 5.28 Å². The Kier molecular flexibility index (Phi) is 5.48. The first-order valence-electron chi connectivity index (χ1n) is 7.46. The van der Waals surface area contributed by atoms with Gasteiger partial charge < -0.3 is 19.7 Å². The maximum atomic E-state index is 11.9. The molecule has 1 heterocycles. The van der Waals surface area contributed by atoms with Gasteiger partial charge in [-0.3, -0.25) is 0 Å². The molecule has 0 aromatic carbocycles. The summed E-state index contributed by atoms with van der Waals surface area (Å²) in [5, 5.41) is 16.8. The predicted octanol–water partition coefficient (Wildman–Crippen LogP) is 2.54. The molecule has 0 spiro atoms. The molecule has 8 heteroatoms. The molecule has 1 amide bonds. The van der Waals surface area contributed by atoms with Crippen molar-refractivity contribution in [3.63, 3.8) is 0 Å². The third kappa shape index (κ3) is 5.57. The molecule has 128 valence electrons. The predicted molar refractivity (Wildman–Crippen MR) is 80.9 cm³/mol. The number of carbonyl (C=O) groups excluding carboxylic acids is 1. The quantitative estimate of drug-likeness (QED) is 0.454. The molecule has 0 saturated carbocycles. The molecule has 1 saturated heterocycles. The third-order valence-electron chi connectivity index (χ3n) is 3.29. The van der Waals surface area contributed by atoms with Gasteiger partial charge in [-0.1, -0.05) is 0 Å². The Bertz CT molecular complexity index is 426. The molecule has 22 heavy (non-hydrogen) atoms. The van der Waals surface area contributed by atoms with Crippen molar-refractivity contribution >= 4 is 6.09 Å². The average molecular weight is 316 g/mol. The van der Waals surface area contributed by atoms with Crippen LogP contribution in [-0.2, 0) is 9.57 Å². The van der Waals surface area contributed by atoms with Gasteiger partial charge in [-0.05, 0) is 41.5 Å². The van der Waals surface area contributed by atoms with Crippen LogP contribution in [0.25, 0.3) is 0 Å². The van der Waals surface area contributed by atoms with Crippen LogP contribution in [0.2, 0.25) is 0 Å². The second-order valence-corrected chi connectivity index (χ2v) is 7.47. The van der Waals surface area contributed by atoms with E-state index in [2.05, 4.69) is 5.28 Å². The molecule has 1 aliphatic rings. The van der Waals surface area contributed by atoms with E-state index in [1.165, 1.54) is 5.01 Å². The van der Waals surface area contributed by atoms with E-state index in [4.69, 9.17) is 9.57 Å². The lowest BCUT2D eigenvalue weighted by Crippen LogP contribution is -2.42. The molecule has 0 aromatic heterocycles. The highest BCUT2D eigenvalue weighted by molar-refractivity contribution is 5.68. The summed E-state index contributed by atoms with van der Waals surface area (Å²) in [6.45, 7) is 12.0. The first-order valence-corrected chi connectivity index (χ1v) is 7.46. The van der Waals surface area contributed by atoms with Crippen LogP contribution in [0.5, 0.6) is 0 Å². The molecule has 0 aromatic rings. The van der Waals surface area contributed by atoms with Crippen molar-refractivity contribution in [2.75, 3.05) is 20.1 Å². The molecule has 1 aliphatic heterocycles. The lowest BCUT2D eigenvalue weighted by Gasteiger charge is -2.26. The largest absolute Gasteiger partial charge is 0.569 e. The Morgan fingerprint density at radius 2 is 1.91 bits per heavy atom. The average Bonchev–Trinajstić information content (AvgIpc) is 2.80. The monoisotopic (exact) mass is 316 g/mol. The Balaban J connectivity index is 2.49.